The van der Waals surface area contributed by atoms with Crippen LogP contribution in [0.25, 0.3) is 6.08 Å². The zero-order valence-electron chi connectivity index (χ0n) is 11.8. The molecule has 0 fully saturated rings. The Morgan fingerprint density at radius 3 is 2.36 bits per heavy atom. The smallest absolute Gasteiger partial charge is 0.284 e. The van der Waals surface area contributed by atoms with Gasteiger partial charge in [-0.15, -0.1) is 0 Å². The topological polar surface area (TPSA) is 12.4 Å². The second-order valence-electron chi connectivity index (χ2n) is 5.13. The molecule has 0 N–H and O–H groups in total. The third kappa shape index (κ3) is 3.11. The van der Waals surface area contributed by atoms with Gasteiger partial charge in [0.15, 0.2) is 0 Å². The first kappa shape index (κ1) is 14.6. The van der Waals surface area contributed by atoms with Crippen LogP contribution in [0.15, 0.2) is 59.6 Å². The van der Waals surface area contributed by atoms with Gasteiger partial charge in [-0.05, 0) is 35.8 Å². The summed E-state index contributed by atoms with van der Waals surface area (Å²) in [6, 6.07) is 13.2. The van der Waals surface area contributed by atoms with Gasteiger partial charge in [0.05, 0.1) is 11.3 Å². The molecule has 0 atom stereocenters. The summed E-state index contributed by atoms with van der Waals surface area (Å²) in [5.74, 6) is 0. The predicted octanol–water partition coefficient (Wildman–Crippen LogP) is 4.76. The highest BCUT2D eigenvalue weighted by Crippen LogP contribution is 2.29. The zero-order chi connectivity index (χ0) is 15.6. The number of hydrogen-bond donors (Lipinski definition) is 0. The second-order valence-corrected chi connectivity index (χ2v) is 5.13. The van der Waals surface area contributed by atoms with Crippen LogP contribution in [-0.4, -0.2) is 12.3 Å². The van der Waals surface area contributed by atoms with E-state index in [1.807, 2.05) is 24.3 Å². The summed E-state index contributed by atoms with van der Waals surface area (Å²) >= 11 is 0. The molecule has 22 heavy (non-hydrogen) atoms. The molecule has 0 aromatic heterocycles. The average molecular weight is 301 g/mol. The average Bonchev–Trinajstić information content (AvgIpc) is 2.52. The Morgan fingerprint density at radius 2 is 1.64 bits per heavy atom. The molecule has 2 aromatic carbocycles. The van der Waals surface area contributed by atoms with E-state index in [1.54, 1.807) is 6.08 Å². The molecule has 1 nitrogen and oxygen atoms in total. The quantitative estimate of drug-likeness (QED) is 0.758. The summed E-state index contributed by atoms with van der Waals surface area (Å²) in [7, 11) is 0. The summed E-state index contributed by atoms with van der Waals surface area (Å²) in [5.41, 5.74) is 3.31. The normalized spacial score (nSPS) is 14.8. The molecular formula is C18H14F3N. The summed E-state index contributed by atoms with van der Waals surface area (Å²) in [6.45, 7) is 0.740. The minimum absolute atomic E-state index is 0.634. The number of allylic oxidation sites excluding steroid dienone is 1. The molecule has 0 radical (unpaired) electrons. The summed E-state index contributed by atoms with van der Waals surface area (Å²) in [6.07, 6.45) is 0.282. The van der Waals surface area contributed by atoms with E-state index in [1.165, 1.54) is 17.7 Å². The molecule has 0 saturated heterocycles. The maximum atomic E-state index is 12.5. The van der Waals surface area contributed by atoms with Crippen LogP contribution in [0.4, 0.5) is 13.2 Å². The summed E-state index contributed by atoms with van der Waals surface area (Å²) in [4.78, 5) is 4.49. The van der Waals surface area contributed by atoms with Crippen molar-refractivity contribution in [3.8, 4) is 0 Å². The lowest BCUT2D eigenvalue weighted by atomic mass is 9.97. The second kappa shape index (κ2) is 5.79. The highest BCUT2D eigenvalue weighted by atomic mass is 19.4. The SMILES string of the molecule is FC(F)(F)c1ccc(/C=C/C2=NCCc3ccccc32)cc1. The number of aliphatic imine (C=N–C) groups is 1. The third-order valence-electron chi connectivity index (χ3n) is 3.63. The van der Waals surface area contributed by atoms with Crippen molar-refractivity contribution < 1.29 is 13.2 Å². The van der Waals surface area contributed by atoms with Gasteiger partial charge in [0.25, 0.3) is 0 Å². The van der Waals surface area contributed by atoms with Crippen molar-refractivity contribution in [3.05, 3.63) is 76.9 Å². The summed E-state index contributed by atoms with van der Waals surface area (Å²) < 4.78 is 37.6. The fourth-order valence-electron chi connectivity index (χ4n) is 2.47. The molecule has 2 aromatic rings. The van der Waals surface area contributed by atoms with Crippen molar-refractivity contribution >= 4 is 11.8 Å². The predicted molar refractivity (Wildman–Crippen MR) is 82.0 cm³/mol. The molecule has 0 saturated carbocycles. The van der Waals surface area contributed by atoms with Gasteiger partial charge in [0.1, 0.15) is 0 Å². The molecule has 0 bridgehead atoms. The van der Waals surface area contributed by atoms with Crippen LogP contribution >= 0.6 is 0 Å². The van der Waals surface area contributed by atoms with E-state index in [2.05, 4.69) is 11.1 Å². The minimum atomic E-state index is -4.30. The van der Waals surface area contributed by atoms with Crippen LogP contribution in [0.1, 0.15) is 22.3 Å². The van der Waals surface area contributed by atoms with Crippen molar-refractivity contribution in [2.45, 2.75) is 12.6 Å². The standard InChI is InChI=1S/C18H14F3N/c19-18(20,21)15-8-5-13(6-9-15)7-10-17-16-4-2-1-3-14(16)11-12-22-17/h1-10H,11-12H2/b10-7+. The largest absolute Gasteiger partial charge is 0.416 e. The highest BCUT2D eigenvalue weighted by molar-refractivity contribution is 6.12. The van der Waals surface area contributed by atoms with E-state index < -0.39 is 11.7 Å². The first-order valence-corrected chi connectivity index (χ1v) is 7.02. The maximum Gasteiger partial charge on any atom is 0.416 e. The molecule has 4 heteroatoms. The molecular weight excluding hydrogens is 287 g/mol. The van der Waals surface area contributed by atoms with Crippen LogP contribution in [-0.2, 0) is 12.6 Å². The van der Waals surface area contributed by atoms with E-state index in [9.17, 15) is 13.2 Å². The minimum Gasteiger partial charge on any atom is -0.284 e. The molecule has 3 rings (SSSR count). The monoisotopic (exact) mass is 301 g/mol. The van der Waals surface area contributed by atoms with E-state index in [4.69, 9.17) is 0 Å². The number of fused-ring (bicyclic) bond motifs is 1. The van der Waals surface area contributed by atoms with Crippen LogP contribution in [0, 0.1) is 0 Å². The number of hydrogen-bond acceptors (Lipinski definition) is 1. The molecule has 1 heterocycles. The Kier molecular flexibility index (Phi) is 3.84. The Balaban J connectivity index is 1.81. The third-order valence-corrected chi connectivity index (χ3v) is 3.63. The van der Waals surface area contributed by atoms with Crippen LogP contribution < -0.4 is 0 Å². The highest BCUT2D eigenvalue weighted by Gasteiger charge is 2.29. The molecule has 112 valence electrons. The lowest BCUT2D eigenvalue weighted by molar-refractivity contribution is -0.137. The van der Waals surface area contributed by atoms with Crippen molar-refractivity contribution in [2.75, 3.05) is 6.54 Å². The van der Waals surface area contributed by atoms with E-state index in [0.29, 0.717) is 0 Å². The van der Waals surface area contributed by atoms with Crippen molar-refractivity contribution in [1.29, 1.82) is 0 Å². The Hall–Kier alpha value is -2.36. The van der Waals surface area contributed by atoms with Gasteiger partial charge in [-0.25, -0.2) is 0 Å². The van der Waals surface area contributed by atoms with Crippen LogP contribution in [0.2, 0.25) is 0 Å². The van der Waals surface area contributed by atoms with Crippen molar-refractivity contribution in [3.63, 3.8) is 0 Å². The van der Waals surface area contributed by atoms with Crippen molar-refractivity contribution in [1.82, 2.24) is 0 Å². The van der Waals surface area contributed by atoms with Gasteiger partial charge in [0, 0.05) is 12.1 Å². The Bertz CT molecular complexity index is 725. The summed E-state index contributed by atoms with van der Waals surface area (Å²) in [5, 5.41) is 0. The first-order chi connectivity index (χ1) is 10.5. The van der Waals surface area contributed by atoms with Gasteiger partial charge < -0.3 is 0 Å². The lowest BCUT2D eigenvalue weighted by Gasteiger charge is -2.14. The molecule has 1 aliphatic heterocycles. The van der Waals surface area contributed by atoms with E-state index >= 15 is 0 Å². The first-order valence-electron chi connectivity index (χ1n) is 7.02. The lowest BCUT2D eigenvalue weighted by Crippen LogP contribution is -2.10. The Morgan fingerprint density at radius 1 is 0.909 bits per heavy atom. The van der Waals surface area contributed by atoms with E-state index in [-0.39, 0.29) is 0 Å². The number of rotatable bonds is 2. The fourth-order valence-corrected chi connectivity index (χ4v) is 2.47. The molecule has 0 amide bonds. The number of nitrogens with zero attached hydrogens (tertiary/aromatic N) is 1. The van der Waals surface area contributed by atoms with Crippen molar-refractivity contribution in [2.24, 2.45) is 4.99 Å². The molecule has 0 aliphatic carbocycles. The van der Waals surface area contributed by atoms with Gasteiger partial charge in [-0.2, -0.15) is 13.2 Å². The van der Waals surface area contributed by atoms with Gasteiger partial charge in [-0.1, -0.05) is 42.5 Å². The van der Waals surface area contributed by atoms with Gasteiger partial charge in [-0.3, -0.25) is 4.99 Å². The number of alkyl halides is 3. The number of benzene rings is 2. The maximum absolute atomic E-state index is 12.5. The van der Waals surface area contributed by atoms with Gasteiger partial charge >= 0.3 is 6.18 Å². The van der Waals surface area contributed by atoms with Crippen LogP contribution in [0.3, 0.4) is 0 Å². The Labute approximate surface area is 126 Å². The van der Waals surface area contributed by atoms with Crippen LogP contribution in [0.5, 0.6) is 0 Å². The van der Waals surface area contributed by atoms with E-state index in [0.717, 1.165) is 41.9 Å². The molecule has 0 unspecified atom stereocenters. The molecule has 1 aliphatic rings. The fraction of sp³-hybridized carbons (Fsp3) is 0.167. The number of halogens is 3. The zero-order valence-corrected chi connectivity index (χ0v) is 11.8. The van der Waals surface area contributed by atoms with Gasteiger partial charge in [0.2, 0.25) is 0 Å². The molecule has 0 spiro atoms.